The first-order chi connectivity index (χ1) is 14.5. The number of aromatic nitrogens is 2. The number of carbonyl (C=O) groups excluding carboxylic acids is 1. The Morgan fingerprint density at radius 3 is 2.90 bits per heavy atom. The molecule has 1 aliphatic heterocycles. The Labute approximate surface area is 176 Å². The van der Waals surface area contributed by atoms with Gasteiger partial charge in [-0.2, -0.15) is 5.10 Å². The van der Waals surface area contributed by atoms with Gasteiger partial charge >= 0.3 is 6.03 Å². The van der Waals surface area contributed by atoms with Crippen LogP contribution >= 0.6 is 0 Å². The first kappa shape index (κ1) is 19.6. The van der Waals surface area contributed by atoms with Gasteiger partial charge < -0.3 is 10.1 Å². The van der Waals surface area contributed by atoms with Gasteiger partial charge in [-0.1, -0.05) is 6.92 Å². The van der Waals surface area contributed by atoms with E-state index in [0.717, 1.165) is 50.6 Å². The van der Waals surface area contributed by atoms with Gasteiger partial charge in [0.15, 0.2) is 9.92 Å². The first-order valence-electron chi connectivity index (χ1n) is 10.7. The summed E-state index contributed by atoms with van der Waals surface area (Å²) in [5.74, 6) is 0.698. The monoisotopic (exact) mass is 429 g/mol. The van der Waals surface area contributed by atoms with Crippen molar-refractivity contribution in [1.82, 2.24) is 9.78 Å². The highest BCUT2D eigenvalue weighted by Gasteiger charge is 2.28. The molecule has 3 N–H and O–H groups in total. The minimum absolute atomic E-state index is 0.173. The molecule has 0 saturated carbocycles. The summed E-state index contributed by atoms with van der Waals surface area (Å²) in [5.41, 5.74) is 6.14. The molecule has 1 aromatic carbocycles. The average Bonchev–Trinajstić information content (AvgIpc) is 3.44. The molecule has 1 aromatic heterocycles. The number of rotatable bonds is 3. The summed E-state index contributed by atoms with van der Waals surface area (Å²) >= 11 is 0. The zero-order valence-corrected chi connectivity index (χ0v) is 18.0. The number of nitrogens with one attached hydrogen (secondary N) is 1. The summed E-state index contributed by atoms with van der Waals surface area (Å²) in [7, 11) is -3.47. The van der Waals surface area contributed by atoms with Gasteiger partial charge in [0.25, 0.3) is 0 Å². The highest BCUT2D eigenvalue weighted by molar-refractivity contribution is 7.91. The number of ether oxygens (including phenoxy) is 1. The van der Waals surface area contributed by atoms with E-state index >= 15 is 0 Å². The normalized spacial score (nSPS) is 21.2. The van der Waals surface area contributed by atoms with E-state index < -0.39 is 15.9 Å². The van der Waals surface area contributed by atoms with E-state index in [1.807, 2.05) is 0 Å². The fourth-order valence-corrected chi connectivity index (χ4v) is 5.91. The van der Waals surface area contributed by atoms with Crippen LogP contribution < -0.4 is 15.2 Å². The lowest BCUT2D eigenvalue weighted by Crippen LogP contribution is -2.26. The summed E-state index contributed by atoms with van der Waals surface area (Å²) in [4.78, 5) is 12.9. The fraction of sp³-hybridized carbons (Fsp3) is 0.524. The van der Waals surface area contributed by atoms with Crippen LogP contribution in [0.2, 0.25) is 0 Å². The molecule has 30 heavy (non-hydrogen) atoms. The van der Waals surface area contributed by atoms with Crippen LogP contribution in [0.5, 0.6) is 5.88 Å². The molecule has 0 radical (unpaired) electrons. The zero-order valence-electron chi connectivity index (χ0n) is 17.1. The van der Waals surface area contributed by atoms with Gasteiger partial charge in [0, 0.05) is 11.6 Å². The first-order valence-corrected chi connectivity index (χ1v) is 12.2. The van der Waals surface area contributed by atoms with Crippen LogP contribution in [0.25, 0.3) is 0 Å². The van der Waals surface area contributed by atoms with E-state index in [1.165, 1.54) is 28.5 Å². The quantitative estimate of drug-likeness (QED) is 0.780. The van der Waals surface area contributed by atoms with Gasteiger partial charge in [0.1, 0.15) is 4.90 Å². The van der Waals surface area contributed by atoms with Crippen molar-refractivity contribution in [3.8, 4) is 5.88 Å². The van der Waals surface area contributed by atoms with Crippen molar-refractivity contribution in [2.75, 3.05) is 11.9 Å². The van der Waals surface area contributed by atoms with Crippen LogP contribution in [-0.4, -0.2) is 26.6 Å². The van der Waals surface area contributed by atoms with Crippen molar-refractivity contribution in [2.24, 2.45) is 15.4 Å². The molecule has 0 spiro atoms. The summed E-state index contributed by atoms with van der Waals surface area (Å²) in [5, 5.41) is 13.1. The van der Waals surface area contributed by atoms with Crippen molar-refractivity contribution in [3.63, 3.8) is 0 Å². The lowest BCUT2D eigenvalue weighted by Gasteiger charge is -2.23. The van der Waals surface area contributed by atoms with Crippen LogP contribution in [0.4, 0.5) is 10.5 Å². The molecule has 160 valence electrons. The Kier molecular flexibility index (Phi) is 4.82. The average molecular weight is 430 g/mol. The van der Waals surface area contributed by atoms with E-state index in [1.54, 1.807) is 4.68 Å². The number of aryl methyl sites for hydroxylation is 1. The second-order valence-electron chi connectivity index (χ2n) is 8.40. The lowest BCUT2D eigenvalue weighted by molar-refractivity contribution is 0.157. The number of amides is 2. The van der Waals surface area contributed by atoms with Crippen LogP contribution in [0, 0.1) is 5.92 Å². The summed E-state index contributed by atoms with van der Waals surface area (Å²) < 4.78 is 24.3. The van der Waals surface area contributed by atoms with E-state index in [0.29, 0.717) is 24.9 Å². The van der Waals surface area contributed by atoms with E-state index in [-0.39, 0.29) is 4.90 Å². The van der Waals surface area contributed by atoms with E-state index in [4.69, 9.17) is 9.88 Å². The largest absolute Gasteiger partial charge is 0.477 e. The molecule has 0 fully saturated rings. The molecule has 2 heterocycles. The zero-order chi connectivity index (χ0) is 20.9. The van der Waals surface area contributed by atoms with Crippen molar-refractivity contribution < 1.29 is 13.7 Å². The second kappa shape index (κ2) is 7.39. The van der Waals surface area contributed by atoms with Crippen LogP contribution in [0.3, 0.4) is 0 Å². The maximum atomic E-state index is 13.1. The smallest absolute Gasteiger partial charge is 0.354 e. The number of urea groups is 1. The molecule has 8 nitrogen and oxygen atoms in total. The van der Waals surface area contributed by atoms with Gasteiger partial charge in [-0.3, -0.25) is 0 Å². The van der Waals surface area contributed by atoms with Gasteiger partial charge in [-0.25, -0.2) is 18.8 Å². The maximum absolute atomic E-state index is 13.1. The molecule has 0 saturated heterocycles. The van der Waals surface area contributed by atoms with Crippen LogP contribution in [-0.2, 0) is 42.1 Å². The molecule has 5 rings (SSSR count). The number of hydrogen-bond donors (Lipinski definition) is 2. The molecule has 9 heteroatoms. The number of anilines is 1. The van der Waals surface area contributed by atoms with E-state index in [9.17, 15) is 9.00 Å². The molecule has 2 unspecified atom stereocenters. The van der Waals surface area contributed by atoms with Gasteiger partial charge in [0.2, 0.25) is 5.88 Å². The predicted octanol–water partition coefficient (Wildman–Crippen LogP) is 3.21. The molecule has 3 aliphatic rings. The Morgan fingerprint density at radius 2 is 2.07 bits per heavy atom. The fourth-order valence-electron chi connectivity index (χ4n) is 4.90. The third-order valence-electron chi connectivity index (χ3n) is 6.49. The standard InChI is InChI=1S/C21H27N5O3S/c1-2-13-11-26-20(29-12-13)19(10-23-26)30(22,28)25-21(27)24-18-9-14-5-3-6-15(14)16-7-4-8-17(16)18/h9-10,13H,2-8,11-12H2,1H3,(H3,22,24,25,27,28). The SMILES string of the molecule is CCC1COc2c(S(N)(=O)=NC(=O)Nc3cc4c(c5c3CCC5)CCC4)cnn2C1. The van der Waals surface area contributed by atoms with Gasteiger partial charge in [-0.05, 0) is 73.3 Å². The molecule has 0 bridgehead atoms. The minimum Gasteiger partial charge on any atom is -0.477 e. The van der Waals surface area contributed by atoms with Crippen molar-refractivity contribution in [1.29, 1.82) is 0 Å². The second-order valence-corrected chi connectivity index (χ2v) is 10.2. The van der Waals surface area contributed by atoms with Crippen LogP contribution in [0.15, 0.2) is 21.5 Å². The number of nitrogens with two attached hydrogens (primary N) is 1. The van der Waals surface area contributed by atoms with Crippen molar-refractivity contribution in [3.05, 3.63) is 34.5 Å². The van der Waals surface area contributed by atoms with E-state index in [2.05, 4.69) is 27.8 Å². The Bertz CT molecular complexity index is 1150. The van der Waals surface area contributed by atoms with Gasteiger partial charge in [0.05, 0.1) is 19.3 Å². The molecule has 2 aromatic rings. The minimum atomic E-state index is -3.47. The Hall–Kier alpha value is -2.39. The Morgan fingerprint density at radius 1 is 1.30 bits per heavy atom. The molecule has 2 atom stereocenters. The molecule has 2 aliphatic carbocycles. The molecular formula is C21H27N5O3S. The van der Waals surface area contributed by atoms with Crippen molar-refractivity contribution in [2.45, 2.75) is 63.3 Å². The lowest BCUT2D eigenvalue weighted by atomic mass is 9.98. The highest BCUT2D eigenvalue weighted by Crippen LogP contribution is 2.38. The number of hydrogen-bond acceptors (Lipinski definition) is 4. The highest BCUT2D eigenvalue weighted by atomic mass is 32.2. The number of nitrogens with zero attached hydrogens (tertiary/aromatic N) is 3. The summed E-state index contributed by atoms with van der Waals surface area (Å²) in [6.45, 7) is 3.28. The van der Waals surface area contributed by atoms with Gasteiger partial charge in [-0.15, -0.1) is 4.36 Å². The molecular weight excluding hydrogens is 402 g/mol. The summed E-state index contributed by atoms with van der Waals surface area (Å²) in [6, 6.07) is 1.37. The third-order valence-corrected chi connectivity index (χ3v) is 7.83. The topological polar surface area (TPSA) is 112 Å². The van der Waals surface area contributed by atoms with Crippen molar-refractivity contribution >= 4 is 21.6 Å². The maximum Gasteiger partial charge on any atom is 0.354 e. The number of carbonyl (C=O) groups is 1. The Balaban J connectivity index is 1.43. The number of fused-ring (bicyclic) bond motifs is 4. The predicted molar refractivity (Wildman–Crippen MR) is 114 cm³/mol. The molecule has 2 amide bonds. The van der Waals surface area contributed by atoms with Crippen LogP contribution in [0.1, 0.15) is 48.4 Å². The third kappa shape index (κ3) is 3.30. The summed E-state index contributed by atoms with van der Waals surface area (Å²) in [6.07, 6.45) is 8.78. The number of benzene rings is 1.